The molecule has 104 valence electrons. The van der Waals surface area contributed by atoms with Crippen molar-refractivity contribution in [2.45, 2.75) is 38.2 Å². The first-order chi connectivity index (χ1) is 9.31. The minimum atomic E-state index is -0.360. The minimum absolute atomic E-state index is 0.00461. The first kappa shape index (κ1) is 13.9. The SMILES string of the molecule is NCCCCCCNC(=O)C1Cc2ccccc2O1. The molecule has 1 aromatic carbocycles. The zero-order valence-corrected chi connectivity index (χ0v) is 11.2. The molecule has 0 saturated heterocycles. The molecule has 1 unspecified atom stereocenters. The van der Waals surface area contributed by atoms with Crippen LogP contribution >= 0.6 is 0 Å². The number of nitrogens with one attached hydrogen (secondary N) is 1. The quantitative estimate of drug-likeness (QED) is 0.734. The highest BCUT2D eigenvalue weighted by atomic mass is 16.5. The van der Waals surface area contributed by atoms with Crippen LogP contribution in [0.3, 0.4) is 0 Å². The van der Waals surface area contributed by atoms with Crippen LogP contribution in [0, 0.1) is 0 Å². The maximum Gasteiger partial charge on any atom is 0.261 e. The highest BCUT2D eigenvalue weighted by molar-refractivity contribution is 5.82. The fraction of sp³-hybridized carbons (Fsp3) is 0.533. The molecule has 1 aliphatic heterocycles. The number of amides is 1. The van der Waals surface area contributed by atoms with Crippen LogP contribution in [0.1, 0.15) is 31.2 Å². The van der Waals surface area contributed by atoms with Gasteiger partial charge in [0.05, 0.1) is 0 Å². The fourth-order valence-electron chi connectivity index (χ4n) is 2.28. The van der Waals surface area contributed by atoms with Crippen LogP contribution in [0.5, 0.6) is 5.75 Å². The summed E-state index contributed by atoms with van der Waals surface area (Å²) in [6.07, 6.45) is 4.64. The normalized spacial score (nSPS) is 16.8. The Hall–Kier alpha value is -1.55. The van der Waals surface area contributed by atoms with Crippen molar-refractivity contribution in [3.63, 3.8) is 0 Å². The number of ether oxygens (including phenoxy) is 1. The third kappa shape index (κ3) is 3.96. The summed E-state index contributed by atoms with van der Waals surface area (Å²) in [6.45, 7) is 1.47. The summed E-state index contributed by atoms with van der Waals surface area (Å²) in [5.41, 5.74) is 6.55. The Morgan fingerprint density at radius 2 is 2.05 bits per heavy atom. The number of carbonyl (C=O) groups is 1. The van der Waals surface area contributed by atoms with E-state index in [1.54, 1.807) is 0 Å². The molecule has 1 atom stereocenters. The predicted octanol–water partition coefficient (Wildman–Crippen LogP) is 1.63. The molecular weight excluding hydrogens is 240 g/mol. The number of carbonyl (C=O) groups excluding carboxylic acids is 1. The maximum atomic E-state index is 11.9. The molecule has 1 heterocycles. The Balaban J connectivity index is 1.66. The molecule has 4 heteroatoms. The first-order valence-electron chi connectivity index (χ1n) is 7.03. The molecule has 0 aliphatic carbocycles. The molecule has 0 aromatic heterocycles. The van der Waals surface area contributed by atoms with Gasteiger partial charge in [-0.2, -0.15) is 0 Å². The molecule has 1 aliphatic rings. The van der Waals surface area contributed by atoms with Gasteiger partial charge in [-0.15, -0.1) is 0 Å². The molecule has 4 nitrogen and oxygen atoms in total. The van der Waals surface area contributed by atoms with E-state index in [0.29, 0.717) is 6.42 Å². The van der Waals surface area contributed by atoms with Gasteiger partial charge < -0.3 is 15.8 Å². The number of hydrogen-bond acceptors (Lipinski definition) is 3. The van der Waals surface area contributed by atoms with E-state index in [2.05, 4.69) is 5.32 Å². The molecule has 1 aromatic rings. The molecule has 3 N–H and O–H groups in total. The zero-order chi connectivity index (χ0) is 13.5. The maximum absolute atomic E-state index is 11.9. The van der Waals surface area contributed by atoms with Crippen LogP contribution < -0.4 is 15.8 Å². The molecule has 0 radical (unpaired) electrons. The Kier molecular flexibility index (Phi) is 5.21. The summed E-state index contributed by atoms with van der Waals surface area (Å²) in [6, 6.07) is 7.82. The van der Waals surface area contributed by atoms with Crippen molar-refractivity contribution in [1.82, 2.24) is 5.32 Å². The number of hydrogen-bond donors (Lipinski definition) is 2. The van der Waals surface area contributed by atoms with E-state index in [1.807, 2.05) is 24.3 Å². The van der Waals surface area contributed by atoms with E-state index in [1.165, 1.54) is 0 Å². The lowest BCUT2D eigenvalue weighted by molar-refractivity contribution is -0.127. The second-order valence-corrected chi connectivity index (χ2v) is 4.91. The van der Waals surface area contributed by atoms with Gasteiger partial charge in [0.25, 0.3) is 5.91 Å². The van der Waals surface area contributed by atoms with Crippen molar-refractivity contribution in [2.75, 3.05) is 13.1 Å². The average molecular weight is 262 g/mol. The van der Waals surface area contributed by atoms with Crippen LogP contribution in [0.15, 0.2) is 24.3 Å². The van der Waals surface area contributed by atoms with Gasteiger partial charge >= 0.3 is 0 Å². The number of unbranched alkanes of at least 4 members (excludes halogenated alkanes) is 3. The lowest BCUT2D eigenvalue weighted by Crippen LogP contribution is -2.37. The van der Waals surface area contributed by atoms with Gasteiger partial charge in [-0.1, -0.05) is 31.0 Å². The summed E-state index contributed by atoms with van der Waals surface area (Å²) < 4.78 is 5.64. The second-order valence-electron chi connectivity index (χ2n) is 4.91. The Morgan fingerprint density at radius 1 is 1.26 bits per heavy atom. The van der Waals surface area contributed by atoms with E-state index >= 15 is 0 Å². The van der Waals surface area contributed by atoms with Gasteiger partial charge in [0, 0.05) is 13.0 Å². The summed E-state index contributed by atoms with van der Waals surface area (Å²) >= 11 is 0. The van der Waals surface area contributed by atoms with E-state index < -0.39 is 0 Å². The summed E-state index contributed by atoms with van der Waals surface area (Å²) in [5, 5.41) is 2.94. The lowest BCUT2D eigenvalue weighted by atomic mass is 10.1. The number of nitrogens with two attached hydrogens (primary N) is 1. The Labute approximate surface area is 114 Å². The Morgan fingerprint density at radius 3 is 2.84 bits per heavy atom. The zero-order valence-electron chi connectivity index (χ0n) is 11.2. The van der Waals surface area contributed by atoms with Gasteiger partial charge in [-0.25, -0.2) is 0 Å². The summed E-state index contributed by atoms with van der Waals surface area (Å²) in [4.78, 5) is 11.9. The van der Waals surface area contributed by atoms with Crippen LogP contribution in [0.25, 0.3) is 0 Å². The smallest absolute Gasteiger partial charge is 0.261 e. The molecule has 1 amide bonds. The highest BCUT2D eigenvalue weighted by Gasteiger charge is 2.28. The van der Waals surface area contributed by atoms with Crippen molar-refractivity contribution in [1.29, 1.82) is 0 Å². The van der Waals surface area contributed by atoms with Gasteiger partial charge in [-0.05, 0) is 31.0 Å². The predicted molar refractivity (Wildman–Crippen MR) is 75.1 cm³/mol. The standard InChI is InChI=1S/C15H22N2O2/c16-9-5-1-2-6-10-17-15(18)14-11-12-7-3-4-8-13(12)19-14/h3-4,7-8,14H,1-2,5-6,9-11,16H2,(H,17,18). The van der Waals surface area contributed by atoms with Crippen LogP contribution in [-0.2, 0) is 11.2 Å². The van der Waals surface area contributed by atoms with Gasteiger partial charge in [0.2, 0.25) is 0 Å². The van der Waals surface area contributed by atoms with Crippen LogP contribution in [0.4, 0.5) is 0 Å². The minimum Gasteiger partial charge on any atom is -0.480 e. The molecule has 0 bridgehead atoms. The van der Waals surface area contributed by atoms with E-state index in [9.17, 15) is 4.79 Å². The third-order valence-corrected chi connectivity index (χ3v) is 3.37. The third-order valence-electron chi connectivity index (χ3n) is 3.37. The molecule has 2 rings (SSSR count). The van der Waals surface area contributed by atoms with Crippen molar-refractivity contribution in [2.24, 2.45) is 5.73 Å². The molecule has 19 heavy (non-hydrogen) atoms. The monoisotopic (exact) mass is 262 g/mol. The highest BCUT2D eigenvalue weighted by Crippen LogP contribution is 2.27. The van der Waals surface area contributed by atoms with Crippen LogP contribution in [-0.4, -0.2) is 25.1 Å². The largest absolute Gasteiger partial charge is 0.480 e. The van der Waals surface area contributed by atoms with E-state index in [0.717, 1.165) is 50.1 Å². The number of benzene rings is 1. The van der Waals surface area contributed by atoms with Gasteiger partial charge in [0.1, 0.15) is 5.75 Å². The van der Waals surface area contributed by atoms with Crippen molar-refractivity contribution >= 4 is 5.91 Å². The van der Waals surface area contributed by atoms with Gasteiger partial charge in [-0.3, -0.25) is 4.79 Å². The second kappa shape index (κ2) is 7.14. The lowest BCUT2D eigenvalue weighted by Gasteiger charge is -2.11. The van der Waals surface area contributed by atoms with Crippen molar-refractivity contribution in [3.8, 4) is 5.75 Å². The van der Waals surface area contributed by atoms with E-state index in [4.69, 9.17) is 10.5 Å². The van der Waals surface area contributed by atoms with Gasteiger partial charge in [0.15, 0.2) is 6.10 Å². The van der Waals surface area contributed by atoms with E-state index in [-0.39, 0.29) is 12.0 Å². The average Bonchev–Trinajstić information content (AvgIpc) is 2.86. The topological polar surface area (TPSA) is 64.3 Å². The Bertz CT molecular complexity index is 395. The molecular formula is C15H22N2O2. The van der Waals surface area contributed by atoms with Crippen molar-refractivity contribution < 1.29 is 9.53 Å². The fourth-order valence-corrected chi connectivity index (χ4v) is 2.28. The van der Waals surface area contributed by atoms with Crippen LogP contribution in [0.2, 0.25) is 0 Å². The van der Waals surface area contributed by atoms with Crippen molar-refractivity contribution in [3.05, 3.63) is 29.8 Å². The number of fused-ring (bicyclic) bond motifs is 1. The number of rotatable bonds is 7. The first-order valence-corrected chi connectivity index (χ1v) is 7.03. The summed E-state index contributed by atoms with van der Waals surface area (Å²) in [5.74, 6) is 0.834. The molecule has 0 saturated carbocycles. The molecule has 0 fully saturated rings. The molecule has 0 spiro atoms. The number of para-hydroxylation sites is 1. The summed E-state index contributed by atoms with van der Waals surface area (Å²) in [7, 11) is 0.